The van der Waals surface area contributed by atoms with Crippen molar-refractivity contribution in [3.05, 3.63) is 254 Å². The summed E-state index contributed by atoms with van der Waals surface area (Å²) in [5, 5.41) is 1.32. The molecule has 0 N–H and O–H groups in total. The highest BCUT2D eigenvalue weighted by atomic mass is 15.1. The van der Waals surface area contributed by atoms with Crippen LogP contribution in [0.25, 0.3) is 72.8 Å². The second kappa shape index (κ2) is 17.8. The monoisotopic (exact) mass is 822 g/mol. The predicted molar refractivity (Wildman–Crippen MR) is 275 cm³/mol. The van der Waals surface area contributed by atoms with Crippen LogP contribution in [0, 0.1) is 5.92 Å². The molecule has 308 valence electrons. The summed E-state index contributed by atoms with van der Waals surface area (Å²) in [6.07, 6.45) is 12.1. The second-order valence-electron chi connectivity index (χ2n) is 16.6. The van der Waals surface area contributed by atoms with Crippen molar-refractivity contribution in [2.75, 3.05) is 4.90 Å². The highest BCUT2D eigenvalue weighted by Gasteiger charge is 2.21. The van der Waals surface area contributed by atoms with Crippen LogP contribution in [0.1, 0.15) is 30.7 Å². The molecule has 1 atom stereocenters. The molecule has 1 aliphatic carbocycles. The summed E-state index contributed by atoms with van der Waals surface area (Å²) in [5.41, 5.74) is 20.1. The Labute approximate surface area is 377 Å². The summed E-state index contributed by atoms with van der Waals surface area (Å²) in [5.74, 6) is 0.517. The Morgan fingerprint density at radius 3 is 1.56 bits per heavy atom. The fraction of sp³-hybridized carbons (Fsp3) is 0.0645. The first-order chi connectivity index (χ1) is 31.5. The number of anilines is 3. The number of nitrogens with zero attached hydrogens (tertiary/aromatic N) is 2. The van der Waals surface area contributed by atoms with Crippen LogP contribution in [0.2, 0.25) is 0 Å². The molecule has 1 aliphatic rings. The molecule has 0 spiro atoms. The first-order valence-electron chi connectivity index (χ1n) is 22.3. The van der Waals surface area contributed by atoms with E-state index in [0.717, 1.165) is 40.3 Å². The van der Waals surface area contributed by atoms with Gasteiger partial charge in [-0.2, -0.15) is 0 Å². The third-order valence-corrected chi connectivity index (χ3v) is 12.5. The third-order valence-electron chi connectivity index (χ3n) is 12.5. The van der Waals surface area contributed by atoms with Crippen LogP contribution < -0.4 is 4.90 Å². The van der Waals surface area contributed by atoms with Gasteiger partial charge in [-0.1, -0.05) is 177 Å². The van der Waals surface area contributed by atoms with E-state index in [4.69, 9.17) is 0 Å². The largest absolute Gasteiger partial charge is 0.311 e. The number of hydrogen-bond acceptors (Lipinski definition) is 1. The minimum atomic E-state index is 0.517. The van der Waals surface area contributed by atoms with Crippen molar-refractivity contribution >= 4 is 45.3 Å². The maximum absolute atomic E-state index is 4.30. The van der Waals surface area contributed by atoms with Crippen LogP contribution in [-0.4, -0.2) is 4.57 Å². The van der Waals surface area contributed by atoms with Gasteiger partial charge in [-0.15, -0.1) is 0 Å². The average Bonchev–Trinajstić information content (AvgIpc) is 3.69. The zero-order chi connectivity index (χ0) is 43.4. The van der Waals surface area contributed by atoms with Crippen LogP contribution in [0.4, 0.5) is 17.1 Å². The van der Waals surface area contributed by atoms with Crippen molar-refractivity contribution in [1.29, 1.82) is 0 Å². The maximum Gasteiger partial charge on any atom is 0.0537 e. The molecule has 9 aromatic rings. The fourth-order valence-electron chi connectivity index (χ4n) is 9.22. The molecule has 0 radical (unpaired) electrons. The molecule has 64 heavy (non-hydrogen) atoms. The number of fused-ring (bicyclic) bond motifs is 3. The van der Waals surface area contributed by atoms with Crippen LogP contribution >= 0.6 is 0 Å². The lowest BCUT2D eigenvalue weighted by molar-refractivity contribution is 0.718. The molecule has 8 aromatic carbocycles. The number of hydrogen-bond donors (Lipinski definition) is 0. The van der Waals surface area contributed by atoms with Gasteiger partial charge in [0.25, 0.3) is 0 Å². The van der Waals surface area contributed by atoms with Gasteiger partial charge in [0.2, 0.25) is 0 Å². The van der Waals surface area contributed by atoms with Crippen molar-refractivity contribution in [1.82, 2.24) is 4.57 Å². The molecule has 2 heteroatoms. The van der Waals surface area contributed by atoms with E-state index < -0.39 is 0 Å². The highest BCUT2D eigenvalue weighted by molar-refractivity contribution is 5.95. The molecular weight excluding hydrogens is 773 g/mol. The zero-order valence-electron chi connectivity index (χ0n) is 36.4. The molecule has 0 saturated carbocycles. The van der Waals surface area contributed by atoms with Gasteiger partial charge in [0, 0.05) is 33.8 Å². The van der Waals surface area contributed by atoms with Gasteiger partial charge in [-0.25, -0.2) is 0 Å². The summed E-state index contributed by atoms with van der Waals surface area (Å²) in [4.78, 5) is 2.34. The van der Waals surface area contributed by atoms with E-state index in [0.29, 0.717) is 5.92 Å². The predicted octanol–water partition coefficient (Wildman–Crippen LogP) is 17.1. The van der Waals surface area contributed by atoms with E-state index in [2.05, 4.69) is 260 Å². The lowest BCUT2D eigenvalue weighted by atomic mass is 9.93. The summed E-state index contributed by atoms with van der Waals surface area (Å²) >= 11 is 0. The Bertz CT molecular complexity index is 3100. The van der Waals surface area contributed by atoms with Crippen molar-refractivity contribution in [3.63, 3.8) is 0 Å². The van der Waals surface area contributed by atoms with Crippen LogP contribution in [-0.2, 0) is 6.42 Å². The van der Waals surface area contributed by atoms with Crippen molar-refractivity contribution < 1.29 is 0 Å². The van der Waals surface area contributed by atoms with E-state index in [9.17, 15) is 0 Å². The number of allylic oxidation sites excluding steroid dienone is 6. The first kappa shape index (κ1) is 40.2. The average molecular weight is 823 g/mol. The molecule has 0 bridgehead atoms. The quantitative estimate of drug-likeness (QED) is 0.118. The minimum absolute atomic E-state index is 0.517. The molecule has 1 aromatic heterocycles. The van der Waals surface area contributed by atoms with E-state index in [-0.39, 0.29) is 0 Å². The van der Waals surface area contributed by atoms with E-state index in [1.165, 1.54) is 66.7 Å². The topological polar surface area (TPSA) is 8.17 Å². The molecule has 1 unspecified atom stereocenters. The molecule has 0 fully saturated rings. The van der Waals surface area contributed by atoms with Crippen LogP contribution in [0.15, 0.2) is 237 Å². The first-order valence-corrected chi connectivity index (χ1v) is 22.3. The Morgan fingerprint density at radius 1 is 0.531 bits per heavy atom. The van der Waals surface area contributed by atoms with Crippen LogP contribution in [0.5, 0.6) is 0 Å². The van der Waals surface area contributed by atoms with Crippen molar-refractivity contribution in [2.24, 2.45) is 5.92 Å². The zero-order valence-corrected chi connectivity index (χ0v) is 36.4. The Morgan fingerprint density at radius 2 is 1.00 bits per heavy atom. The van der Waals surface area contributed by atoms with E-state index in [1.807, 2.05) is 6.08 Å². The Kier molecular flexibility index (Phi) is 11.2. The molecule has 10 rings (SSSR count). The normalized spacial score (nSPS) is 13.8. The summed E-state index contributed by atoms with van der Waals surface area (Å²) in [6.45, 7) is 8.71. The van der Waals surface area contributed by atoms with E-state index >= 15 is 0 Å². The van der Waals surface area contributed by atoms with Crippen LogP contribution in [0.3, 0.4) is 0 Å². The van der Waals surface area contributed by atoms with Gasteiger partial charge >= 0.3 is 0 Å². The fourth-order valence-corrected chi connectivity index (χ4v) is 9.22. The van der Waals surface area contributed by atoms with E-state index in [1.54, 1.807) is 0 Å². The number of aromatic nitrogens is 1. The molecule has 0 saturated heterocycles. The summed E-state index contributed by atoms with van der Waals surface area (Å²) < 4.78 is 2.38. The Hall–Kier alpha value is -7.94. The van der Waals surface area contributed by atoms with Gasteiger partial charge in [0.15, 0.2) is 0 Å². The number of rotatable bonds is 11. The third kappa shape index (κ3) is 7.98. The van der Waals surface area contributed by atoms with Gasteiger partial charge in [0.1, 0.15) is 0 Å². The standard InChI is InChI=1S/C62H50N2/c1-4-45(43-55(5-2)64-61-25-13-12-24-59(61)60-40-44(3)26-39-62(60)64)51-20-14-22-53(41-51)54-23-15-21-52(42-54)50-31-37-58(38-32-50)63(56-33-27-48(28-34-56)46-16-8-6-9-17-46)57-35-29-49(30-36-57)47-18-10-7-11-19-47/h4-39,41-44H,2,40H2,1,3H3/b45-4+,55-43+. The number of benzene rings is 8. The Balaban J connectivity index is 0.949. The minimum Gasteiger partial charge on any atom is -0.311 e. The van der Waals surface area contributed by atoms with Crippen molar-refractivity contribution in [2.45, 2.75) is 20.3 Å². The second-order valence-corrected chi connectivity index (χ2v) is 16.6. The molecule has 0 aliphatic heterocycles. The lowest BCUT2D eigenvalue weighted by Crippen LogP contribution is -2.09. The van der Waals surface area contributed by atoms with Gasteiger partial charge in [-0.3, -0.25) is 0 Å². The molecular formula is C62H50N2. The lowest BCUT2D eigenvalue weighted by Gasteiger charge is -2.26. The molecule has 0 amide bonds. The molecule has 1 heterocycles. The number of para-hydroxylation sites is 1. The maximum atomic E-state index is 4.30. The smallest absolute Gasteiger partial charge is 0.0537 e. The van der Waals surface area contributed by atoms with Gasteiger partial charge < -0.3 is 9.47 Å². The molecule has 2 nitrogen and oxygen atoms in total. The van der Waals surface area contributed by atoms with Gasteiger partial charge in [-0.05, 0) is 153 Å². The summed E-state index contributed by atoms with van der Waals surface area (Å²) in [6, 6.07) is 74.4. The van der Waals surface area contributed by atoms with Gasteiger partial charge in [0.05, 0.1) is 5.52 Å². The highest BCUT2D eigenvalue weighted by Crippen LogP contribution is 2.39. The summed E-state index contributed by atoms with van der Waals surface area (Å²) in [7, 11) is 0. The van der Waals surface area contributed by atoms with Crippen molar-refractivity contribution in [3.8, 4) is 44.5 Å². The SMILES string of the molecule is C=C/C(=C\C(=C/C)c1cccc(-c2cccc(-c3ccc(N(c4ccc(-c5ccccc5)cc4)c4ccc(-c5ccccc5)cc4)cc3)c2)c1)n1c2c(c3ccccc31)CC(C)C=C2.